The third-order valence-corrected chi connectivity index (χ3v) is 8.07. The van der Waals surface area contributed by atoms with Gasteiger partial charge in [-0.3, -0.25) is 4.79 Å². The van der Waals surface area contributed by atoms with Crippen molar-refractivity contribution in [1.82, 2.24) is 14.5 Å². The smallest absolute Gasteiger partial charge is 0.229 e. The number of carbonyl (C=O) groups is 1. The van der Waals surface area contributed by atoms with Crippen LogP contribution in [0.4, 0.5) is 0 Å². The lowest BCUT2D eigenvalue weighted by Crippen LogP contribution is -2.43. The second kappa shape index (κ2) is 8.92. The van der Waals surface area contributed by atoms with E-state index in [0.717, 1.165) is 22.0 Å². The quantitative estimate of drug-likeness (QED) is 0.409. The van der Waals surface area contributed by atoms with Gasteiger partial charge in [-0.15, -0.1) is 0 Å². The highest BCUT2D eigenvalue weighted by Crippen LogP contribution is 2.35. The number of fused-ring (bicyclic) bond motifs is 1. The number of hydrogen-bond acceptors (Lipinski definition) is 5. The van der Waals surface area contributed by atoms with Crippen molar-refractivity contribution in [2.75, 3.05) is 24.6 Å². The van der Waals surface area contributed by atoms with E-state index in [1.54, 1.807) is 17.0 Å². The van der Waals surface area contributed by atoms with Gasteiger partial charge >= 0.3 is 0 Å². The van der Waals surface area contributed by atoms with Gasteiger partial charge in [-0.05, 0) is 18.2 Å². The maximum Gasteiger partial charge on any atom is 0.229 e. The highest BCUT2D eigenvalue weighted by molar-refractivity contribution is 7.91. The lowest BCUT2D eigenvalue weighted by molar-refractivity contribution is -0.130. The lowest BCUT2D eigenvalue weighted by Gasteiger charge is -2.26. The highest BCUT2D eigenvalue weighted by Gasteiger charge is 2.26. The molecule has 2 aromatic carbocycles. The van der Waals surface area contributed by atoms with Gasteiger partial charge in [0.1, 0.15) is 11.5 Å². The van der Waals surface area contributed by atoms with Crippen molar-refractivity contribution in [2.24, 2.45) is 7.05 Å². The maximum absolute atomic E-state index is 12.8. The first-order valence-electron chi connectivity index (χ1n) is 11.1. The Hall–Kier alpha value is -3.10. The molecule has 0 bridgehead atoms. The van der Waals surface area contributed by atoms with E-state index in [2.05, 4.69) is 0 Å². The van der Waals surface area contributed by atoms with Crippen molar-refractivity contribution in [2.45, 2.75) is 12.8 Å². The van der Waals surface area contributed by atoms with Gasteiger partial charge in [-0.1, -0.05) is 41.9 Å². The largest absolute Gasteiger partial charge is 0.440 e. The average Bonchev–Trinajstić information content (AvgIpc) is 3.39. The molecule has 1 fully saturated rings. The Morgan fingerprint density at radius 1 is 1.09 bits per heavy atom. The molecule has 5 rings (SSSR count). The van der Waals surface area contributed by atoms with Crippen LogP contribution in [-0.4, -0.2) is 53.4 Å². The van der Waals surface area contributed by atoms with Crippen LogP contribution in [-0.2, 0) is 28.1 Å². The van der Waals surface area contributed by atoms with Crippen LogP contribution >= 0.6 is 11.6 Å². The first kappa shape index (κ1) is 22.7. The third kappa shape index (κ3) is 4.48. The number of amides is 1. The fraction of sp³-hybridized carbons (Fsp3) is 0.280. The highest BCUT2D eigenvalue weighted by atomic mass is 35.5. The van der Waals surface area contributed by atoms with Crippen LogP contribution in [0.3, 0.4) is 0 Å². The number of rotatable bonds is 5. The number of oxazole rings is 1. The first-order chi connectivity index (χ1) is 16.3. The second-order valence-electron chi connectivity index (χ2n) is 8.50. The van der Waals surface area contributed by atoms with Crippen molar-refractivity contribution >= 4 is 38.2 Å². The summed E-state index contributed by atoms with van der Waals surface area (Å²) in [5.74, 6) is 1.06. The van der Waals surface area contributed by atoms with Gasteiger partial charge < -0.3 is 13.9 Å². The van der Waals surface area contributed by atoms with Crippen LogP contribution < -0.4 is 0 Å². The summed E-state index contributed by atoms with van der Waals surface area (Å²) in [6, 6.07) is 15.4. The minimum Gasteiger partial charge on any atom is -0.440 e. The van der Waals surface area contributed by atoms with E-state index >= 15 is 0 Å². The fourth-order valence-corrected chi connectivity index (χ4v) is 5.65. The van der Waals surface area contributed by atoms with Crippen LogP contribution in [0, 0.1) is 0 Å². The van der Waals surface area contributed by atoms with E-state index < -0.39 is 9.84 Å². The van der Waals surface area contributed by atoms with Gasteiger partial charge in [0.05, 0.1) is 17.1 Å². The monoisotopic (exact) mass is 497 g/mol. The molecular weight excluding hydrogens is 474 g/mol. The van der Waals surface area contributed by atoms with E-state index in [1.165, 1.54) is 0 Å². The normalized spacial score (nSPS) is 15.6. The molecule has 2 aromatic heterocycles. The van der Waals surface area contributed by atoms with Gasteiger partial charge in [0.25, 0.3) is 0 Å². The summed E-state index contributed by atoms with van der Waals surface area (Å²) in [5.41, 5.74) is 3.48. The van der Waals surface area contributed by atoms with Crippen LogP contribution in [0.1, 0.15) is 12.2 Å². The molecule has 4 aromatic rings. The summed E-state index contributed by atoms with van der Waals surface area (Å²) < 4.78 is 31.7. The van der Waals surface area contributed by atoms with Crippen molar-refractivity contribution in [1.29, 1.82) is 0 Å². The van der Waals surface area contributed by atoms with Crippen LogP contribution in [0.15, 0.2) is 59.1 Å². The molecule has 7 nitrogen and oxygen atoms in total. The summed E-state index contributed by atoms with van der Waals surface area (Å²) in [6.07, 6.45) is 2.56. The maximum atomic E-state index is 12.8. The predicted octanol–water partition coefficient (Wildman–Crippen LogP) is 4.34. The SMILES string of the molecule is Cn1cc(-c2nc(-c3ccc(Cl)cc3)c(CCC(=O)N3CCS(=O)(=O)CC3)o2)c2ccccc21. The number of aromatic nitrogens is 2. The molecule has 9 heteroatoms. The van der Waals surface area contributed by atoms with Crippen molar-refractivity contribution in [3.63, 3.8) is 0 Å². The van der Waals surface area contributed by atoms with Crippen LogP contribution in [0.5, 0.6) is 0 Å². The summed E-state index contributed by atoms with van der Waals surface area (Å²) in [4.78, 5) is 19.2. The Balaban J connectivity index is 1.46. The average molecular weight is 498 g/mol. The molecule has 0 N–H and O–H groups in total. The number of para-hydroxylation sites is 1. The summed E-state index contributed by atoms with van der Waals surface area (Å²) in [5, 5.41) is 1.66. The van der Waals surface area contributed by atoms with Crippen molar-refractivity contribution in [3.05, 3.63) is 65.5 Å². The number of sulfone groups is 1. The Bertz CT molecular complexity index is 1460. The summed E-state index contributed by atoms with van der Waals surface area (Å²) in [6.45, 7) is 0.478. The van der Waals surface area contributed by atoms with Gasteiger partial charge in [0, 0.05) is 60.7 Å². The lowest BCUT2D eigenvalue weighted by atomic mass is 10.1. The Morgan fingerprint density at radius 2 is 1.79 bits per heavy atom. The molecule has 1 aliphatic rings. The molecule has 176 valence electrons. The van der Waals surface area contributed by atoms with E-state index in [4.69, 9.17) is 21.0 Å². The van der Waals surface area contributed by atoms with Crippen LogP contribution in [0.25, 0.3) is 33.6 Å². The molecule has 34 heavy (non-hydrogen) atoms. The predicted molar refractivity (Wildman–Crippen MR) is 132 cm³/mol. The summed E-state index contributed by atoms with van der Waals surface area (Å²) >= 11 is 6.08. The number of benzene rings is 2. The van der Waals surface area contributed by atoms with Gasteiger partial charge in [-0.2, -0.15) is 0 Å². The Labute approximate surface area is 202 Å². The van der Waals surface area contributed by atoms with E-state index in [1.807, 2.05) is 54.2 Å². The topological polar surface area (TPSA) is 85.4 Å². The molecule has 0 radical (unpaired) electrons. The minimum atomic E-state index is -3.04. The third-order valence-electron chi connectivity index (χ3n) is 6.21. The van der Waals surface area contributed by atoms with Crippen molar-refractivity contribution in [3.8, 4) is 22.7 Å². The summed E-state index contributed by atoms with van der Waals surface area (Å²) in [7, 11) is -1.06. The first-order valence-corrected chi connectivity index (χ1v) is 13.3. The molecule has 0 spiro atoms. The van der Waals surface area contributed by atoms with Gasteiger partial charge in [0.2, 0.25) is 11.8 Å². The van der Waals surface area contributed by atoms with Crippen molar-refractivity contribution < 1.29 is 17.6 Å². The molecule has 0 aliphatic carbocycles. The van der Waals surface area contributed by atoms with E-state index in [0.29, 0.717) is 28.8 Å². The number of hydrogen-bond donors (Lipinski definition) is 0. The zero-order chi connectivity index (χ0) is 23.9. The number of halogens is 1. The zero-order valence-corrected chi connectivity index (χ0v) is 20.3. The fourth-order valence-electron chi connectivity index (χ4n) is 4.32. The molecule has 1 amide bonds. The zero-order valence-electron chi connectivity index (χ0n) is 18.7. The number of carbonyl (C=O) groups excluding carboxylic acids is 1. The van der Waals surface area contributed by atoms with E-state index in [9.17, 15) is 13.2 Å². The molecule has 1 aliphatic heterocycles. The Morgan fingerprint density at radius 3 is 2.53 bits per heavy atom. The van der Waals surface area contributed by atoms with Gasteiger partial charge in [-0.25, -0.2) is 13.4 Å². The van der Waals surface area contributed by atoms with Crippen LogP contribution in [0.2, 0.25) is 5.02 Å². The number of aryl methyl sites for hydroxylation is 2. The second-order valence-corrected chi connectivity index (χ2v) is 11.2. The minimum absolute atomic E-state index is 0.0162. The molecule has 0 saturated carbocycles. The molecule has 1 saturated heterocycles. The van der Waals surface area contributed by atoms with E-state index in [-0.39, 0.29) is 36.9 Å². The standard InChI is InChI=1S/C25H24ClN3O4S/c1-28-16-20(19-4-2-3-5-21(19)28)25-27-24(17-6-8-18(26)9-7-17)22(33-25)10-11-23(30)29-12-14-34(31,32)15-13-29/h2-9,16H,10-15H2,1H3. The molecular formula is C25H24ClN3O4S. The Kier molecular flexibility index (Phi) is 5.95. The van der Waals surface area contributed by atoms with Gasteiger partial charge in [0.15, 0.2) is 9.84 Å². The number of nitrogens with zero attached hydrogens (tertiary/aromatic N) is 3. The molecule has 0 atom stereocenters. The molecule has 0 unspecified atom stereocenters. The molecule has 3 heterocycles.